The molecule has 0 atom stereocenters. The molecule has 0 fully saturated rings. The van der Waals surface area contributed by atoms with Crippen molar-refractivity contribution in [1.82, 2.24) is 15.4 Å². The molecule has 0 bridgehead atoms. The normalized spacial score (nSPS) is 11.9. The Balaban J connectivity index is 0.00000576. The molecule has 1 heterocycles. The Labute approximate surface area is 176 Å². The van der Waals surface area contributed by atoms with Crippen molar-refractivity contribution in [3.63, 3.8) is 0 Å². The molecular formula is C14H26ClIN4O3S2. The first kappa shape index (κ1) is 24.9. The molecule has 146 valence electrons. The van der Waals surface area contributed by atoms with E-state index in [-0.39, 0.29) is 34.7 Å². The van der Waals surface area contributed by atoms with E-state index in [1.165, 1.54) is 6.07 Å². The predicted octanol–water partition coefficient (Wildman–Crippen LogP) is 2.28. The zero-order chi connectivity index (χ0) is 17.8. The summed E-state index contributed by atoms with van der Waals surface area (Å²) in [6.45, 7) is 7.38. The van der Waals surface area contributed by atoms with Crippen molar-refractivity contribution in [3.8, 4) is 0 Å². The van der Waals surface area contributed by atoms with Crippen LogP contribution >= 0.6 is 46.9 Å². The van der Waals surface area contributed by atoms with Crippen LogP contribution in [0.5, 0.6) is 0 Å². The highest BCUT2D eigenvalue weighted by atomic mass is 127. The number of sulfonamides is 1. The largest absolute Gasteiger partial charge is 0.382 e. The number of ether oxygens (including phenoxy) is 1. The standard InChI is InChI=1S/C14H25ClN4O3S2.HI/c1-3-16-14(17-8-5-11-22-4-2)18-9-10-19-24(20,21)13-7-6-12(15)23-13;/h6-7,19H,3-5,8-11H2,1-2H3,(H2,16,17,18);1H. The van der Waals surface area contributed by atoms with Crippen molar-refractivity contribution in [2.75, 3.05) is 39.4 Å². The first-order valence-corrected chi connectivity index (χ1v) is 10.5. The number of hydrogen-bond donors (Lipinski definition) is 3. The number of hydrogen-bond acceptors (Lipinski definition) is 5. The molecule has 0 spiro atoms. The molecule has 7 nitrogen and oxygen atoms in total. The smallest absolute Gasteiger partial charge is 0.250 e. The lowest BCUT2D eigenvalue weighted by molar-refractivity contribution is 0.146. The summed E-state index contributed by atoms with van der Waals surface area (Å²) in [4.78, 5) is 4.40. The van der Waals surface area contributed by atoms with Crippen LogP contribution in [0.4, 0.5) is 0 Å². The SMILES string of the molecule is CCNC(=NCCCOCC)NCCNS(=O)(=O)c1ccc(Cl)s1.I. The summed E-state index contributed by atoms with van der Waals surface area (Å²) >= 11 is 6.80. The fourth-order valence-electron chi connectivity index (χ4n) is 1.72. The number of halogens is 2. The Hall–Kier alpha value is -0.140. The van der Waals surface area contributed by atoms with Crippen LogP contribution in [0, 0.1) is 0 Å². The average Bonchev–Trinajstić information content (AvgIpc) is 2.98. The number of guanidine groups is 1. The zero-order valence-electron chi connectivity index (χ0n) is 14.4. The van der Waals surface area contributed by atoms with Crippen molar-refractivity contribution in [2.45, 2.75) is 24.5 Å². The second-order valence-corrected chi connectivity index (χ2v) is 8.40. The molecule has 11 heteroatoms. The minimum Gasteiger partial charge on any atom is -0.382 e. The number of nitrogens with one attached hydrogen (secondary N) is 3. The van der Waals surface area contributed by atoms with Gasteiger partial charge in [-0.25, -0.2) is 13.1 Å². The first-order valence-electron chi connectivity index (χ1n) is 7.84. The van der Waals surface area contributed by atoms with Crippen LogP contribution in [0.2, 0.25) is 4.34 Å². The second kappa shape index (κ2) is 14.0. The molecule has 0 aliphatic heterocycles. The first-order chi connectivity index (χ1) is 11.5. The van der Waals surface area contributed by atoms with Gasteiger partial charge in [0.05, 0.1) is 4.34 Å². The third-order valence-electron chi connectivity index (χ3n) is 2.79. The monoisotopic (exact) mass is 524 g/mol. The summed E-state index contributed by atoms with van der Waals surface area (Å²) in [7, 11) is -3.51. The molecule has 0 aromatic carbocycles. The lowest BCUT2D eigenvalue weighted by Crippen LogP contribution is -2.41. The van der Waals surface area contributed by atoms with E-state index in [0.717, 1.165) is 24.3 Å². The van der Waals surface area contributed by atoms with Crippen molar-refractivity contribution in [1.29, 1.82) is 0 Å². The molecule has 25 heavy (non-hydrogen) atoms. The van der Waals surface area contributed by atoms with Gasteiger partial charge < -0.3 is 15.4 Å². The maximum atomic E-state index is 12.0. The van der Waals surface area contributed by atoms with Gasteiger partial charge in [0.25, 0.3) is 0 Å². The molecule has 0 radical (unpaired) electrons. The topological polar surface area (TPSA) is 91.8 Å². The van der Waals surface area contributed by atoms with Gasteiger partial charge in [-0.1, -0.05) is 11.6 Å². The molecule has 1 rings (SSSR count). The lowest BCUT2D eigenvalue weighted by atomic mass is 10.4. The van der Waals surface area contributed by atoms with Crippen LogP contribution in [0.3, 0.4) is 0 Å². The van der Waals surface area contributed by atoms with Crippen LogP contribution in [0.25, 0.3) is 0 Å². The molecule has 3 N–H and O–H groups in total. The summed E-state index contributed by atoms with van der Waals surface area (Å²) in [5.41, 5.74) is 0. The molecule has 0 saturated carbocycles. The average molecular weight is 525 g/mol. The van der Waals surface area contributed by atoms with Crippen molar-refractivity contribution in [3.05, 3.63) is 16.5 Å². The van der Waals surface area contributed by atoms with Gasteiger partial charge in [-0.15, -0.1) is 35.3 Å². The molecule has 0 unspecified atom stereocenters. The third kappa shape index (κ3) is 10.6. The van der Waals surface area contributed by atoms with Crippen LogP contribution < -0.4 is 15.4 Å². The molecule has 1 aromatic heterocycles. The van der Waals surface area contributed by atoms with Crippen molar-refractivity contribution in [2.24, 2.45) is 4.99 Å². The molecule has 0 aliphatic rings. The summed E-state index contributed by atoms with van der Waals surface area (Å²) in [5.74, 6) is 0.660. The van der Waals surface area contributed by atoms with Crippen molar-refractivity contribution < 1.29 is 13.2 Å². The maximum Gasteiger partial charge on any atom is 0.250 e. The Bertz CT molecular complexity index is 611. The quantitative estimate of drug-likeness (QED) is 0.179. The minimum atomic E-state index is -3.51. The van der Waals surface area contributed by atoms with E-state index in [4.69, 9.17) is 16.3 Å². The number of rotatable bonds is 11. The van der Waals surface area contributed by atoms with E-state index in [1.54, 1.807) is 6.07 Å². The fourth-order valence-corrected chi connectivity index (χ4v) is 4.28. The number of thiophene rings is 1. The highest BCUT2D eigenvalue weighted by Crippen LogP contribution is 2.24. The van der Waals surface area contributed by atoms with Crippen LogP contribution in [0.1, 0.15) is 20.3 Å². The Kier molecular flexibility index (Phi) is 13.9. The van der Waals surface area contributed by atoms with E-state index in [9.17, 15) is 8.42 Å². The van der Waals surface area contributed by atoms with Gasteiger partial charge in [0.2, 0.25) is 10.0 Å². The van der Waals surface area contributed by atoms with Gasteiger partial charge in [0.1, 0.15) is 4.21 Å². The van der Waals surface area contributed by atoms with E-state index in [1.807, 2.05) is 13.8 Å². The van der Waals surface area contributed by atoms with Crippen molar-refractivity contribution >= 4 is 62.9 Å². The van der Waals surface area contributed by atoms with Gasteiger partial charge >= 0.3 is 0 Å². The second-order valence-electron chi connectivity index (χ2n) is 4.69. The molecule has 0 saturated heterocycles. The molecule has 0 amide bonds. The predicted molar refractivity (Wildman–Crippen MR) is 115 cm³/mol. The Morgan fingerprint density at radius 2 is 2.04 bits per heavy atom. The van der Waals surface area contributed by atoms with Gasteiger partial charge in [-0.05, 0) is 32.4 Å². The Morgan fingerprint density at radius 1 is 1.28 bits per heavy atom. The maximum absolute atomic E-state index is 12.0. The lowest BCUT2D eigenvalue weighted by Gasteiger charge is -2.11. The fraction of sp³-hybridized carbons (Fsp3) is 0.643. The molecular weight excluding hydrogens is 499 g/mol. The van der Waals surface area contributed by atoms with Gasteiger partial charge in [0.15, 0.2) is 5.96 Å². The highest BCUT2D eigenvalue weighted by Gasteiger charge is 2.15. The van der Waals surface area contributed by atoms with E-state index >= 15 is 0 Å². The minimum absolute atomic E-state index is 0. The summed E-state index contributed by atoms with van der Waals surface area (Å²) < 4.78 is 32.5. The number of nitrogens with zero attached hydrogens (tertiary/aromatic N) is 1. The van der Waals surface area contributed by atoms with E-state index in [0.29, 0.717) is 36.6 Å². The summed E-state index contributed by atoms with van der Waals surface area (Å²) in [6.07, 6.45) is 0.843. The summed E-state index contributed by atoms with van der Waals surface area (Å²) in [6, 6.07) is 3.06. The molecule has 0 aliphatic carbocycles. The summed E-state index contributed by atoms with van der Waals surface area (Å²) in [5, 5.41) is 6.20. The van der Waals surface area contributed by atoms with Gasteiger partial charge in [0, 0.05) is 39.4 Å². The van der Waals surface area contributed by atoms with E-state index < -0.39 is 10.0 Å². The third-order valence-corrected chi connectivity index (χ3v) is 5.97. The Morgan fingerprint density at radius 3 is 2.64 bits per heavy atom. The van der Waals surface area contributed by atoms with Crippen LogP contribution in [0.15, 0.2) is 21.3 Å². The zero-order valence-corrected chi connectivity index (χ0v) is 19.1. The number of aliphatic imine (C=N–C) groups is 1. The van der Waals surface area contributed by atoms with Gasteiger partial charge in [-0.3, -0.25) is 4.99 Å². The van der Waals surface area contributed by atoms with E-state index in [2.05, 4.69) is 20.3 Å². The van der Waals surface area contributed by atoms with Crippen LogP contribution in [-0.4, -0.2) is 53.8 Å². The highest BCUT2D eigenvalue weighted by molar-refractivity contribution is 14.0. The molecule has 1 aromatic rings. The van der Waals surface area contributed by atoms with Crippen LogP contribution in [-0.2, 0) is 14.8 Å². The van der Waals surface area contributed by atoms with Gasteiger partial charge in [-0.2, -0.15) is 0 Å².